The van der Waals surface area contributed by atoms with Crippen LogP contribution in [0.3, 0.4) is 0 Å². The van der Waals surface area contributed by atoms with Gasteiger partial charge in [-0.15, -0.1) is 0 Å². The van der Waals surface area contributed by atoms with Crippen LogP contribution in [0.15, 0.2) is 24.4 Å². The van der Waals surface area contributed by atoms with E-state index in [-0.39, 0.29) is 6.10 Å². The van der Waals surface area contributed by atoms with Crippen LogP contribution in [0.1, 0.15) is 25.1 Å². The van der Waals surface area contributed by atoms with Crippen LogP contribution >= 0.6 is 0 Å². The van der Waals surface area contributed by atoms with Gasteiger partial charge >= 0.3 is 0 Å². The summed E-state index contributed by atoms with van der Waals surface area (Å²) in [5.41, 5.74) is 1.01. The van der Waals surface area contributed by atoms with Crippen molar-refractivity contribution in [3.8, 4) is 0 Å². The quantitative estimate of drug-likeness (QED) is 0.788. The third-order valence-corrected chi connectivity index (χ3v) is 2.52. The SMILES string of the molecule is CC(OC1CCNC1)c1ccccn1. The van der Waals surface area contributed by atoms with Crippen molar-refractivity contribution in [2.24, 2.45) is 0 Å². The van der Waals surface area contributed by atoms with Gasteiger partial charge in [0, 0.05) is 12.7 Å². The highest BCUT2D eigenvalue weighted by Gasteiger charge is 2.18. The van der Waals surface area contributed by atoms with Crippen LogP contribution in [-0.4, -0.2) is 24.2 Å². The molecule has 2 unspecified atom stereocenters. The molecular weight excluding hydrogens is 176 g/mol. The van der Waals surface area contributed by atoms with Crippen molar-refractivity contribution in [3.05, 3.63) is 30.1 Å². The van der Waals surface area contributed by atoms with Gasteiger partial charge in [0.2, 0.25) is 0 Å². The molecular formula is C11H16N2O. The van der Waals surface area contributed by atoms with E-state index in [9.17, 15) is 0 Å². The maximum Gasteiger partial charge on any atom is 0.0970 e. The Kier molecular flexibility index (Phi) is 3.11. The molecule has 1 aromatic heterocycles. The fourth-order valence-electron chi connectivity index (χ4n) is 1.72. The maximum atomic E-state index is 5.87. The molecule has 0 bridgehead atoms. The van der Waals surface area contributed by atoms with E-state index in [0.29, 0.717) is 6.10 Å². The lowest BCUT2D eigenvalue weighted by atomic mass is 10.2. The highest BCUT2D eigenvalue weighted by atomic mass is 16.5. The fourth-order valence-corrected chi connectivity index (χ4v) is 1.72. The molecule has 14 heavy (non-hydrogen) atoms. The Morgan fingerprint density at radius 3 is 3.14 bits per heavy atom. The zero-order valence-electron chi connectivity index (χ0n) is 8.44. The van der Waals surface area contributed by atoms with Gasteiger partial charge in [-0.25, -0.2) is 0 Å². The topological polar surface area (TPSA) is 34.1 Å². The largest absolute Gasteiger partial charge is 0.368 e. The van der Waals surface area contributed by atoms with Crippen LogP contribution in [0, 0.1) is 0 Å². The van der Waals surface area contributed by atoms with Crippen LogP contribution in [0.25, 0.3) is 0 Å². The summed E-state index contributed by atoms with van der Waals surface area (Å²) >= 11 is 0. The van der Waals surface area contributed by atoms with E-state index in [1.54, 1.807) is 0 Å². The molecule has 0 spiro atoms. The summed E-state index contributed by atoms with van der Waals surface area (Å²) in [4.78, 5) is 4.28. The Labute approximate surface area is 84.5 Å². The highest BCUT2D eigenvalue weighted by molar-refractivity contribution is 5.06. The Balaban J connectivity index is 1.92. The first-order chi connectivity index (χ1) is 6.86. The molecule has 1 aliphatic heterocycles. The van der Waals surface area contributed by atoms with Crippen LogP contribution in [0.2, 0.25) is 0 Å². The predicted octanol–water partition coefficient (Wildman–Crippen LogP) is 1.52. The molecule has 2 atom stereocenters. The monoisotopic (exact) mass is 192 g/mol. The van der Waals surface area contributed by atoms with Gasteiger partial charge in [-0.3, -0.25) is 4.98 Å². The molecule has 1 saturated heterocycles. The van der Waals surface area contributed by atoms with Gasteiger partial charge in [0.15, 0.2) is 0 Å². The van der Waals surface area contributed by atoms with Gasteiger partial charge in [-0.1, -0.05) is 6.07 Å². The minimum atomic E-state index is 0.0982. The standard InChI is InChI=1S/C11H16N2O/c1-9(11-4-2-3-6-13-11)14-10-5-7-12-8-10/h2-4,6,9-10,12H,5,7-8H2,1H3. The van der Waals surface area contributed by atoms with Crippen molar-refractivity contribution in [1.29, 1.82) is 0 Å². The molecule has 0 aliphatic carbocycles. The summed E-state index contributed by atoms with van der Waals surface area (Å²) in [5.74, 6) is 0. The highest BCUT2D eigenvalue weighted by Crippen LogP contribution is 2.18. The molecule has 1 aliphatic rings. The van der Waals surface area contributed by atoms with E-state index in [2.05, 4.69) is 17.2 Å². The Bertz CT molecular complexity index is 270. The number of hydrogen-bond donors (Lipinski definition) is 1. The van der Waals surface area contributed by atoms with Crippen molar-refractivity contribution in [2.75, 3.05) is 13.1 Å². The van der Waals surface area contributed by atoms with E-state index in [1.165, 1.54) is 0 Å². The molecule has 1 N–H and O–H groups in total. The molecule has 2 heterocycles. The first-order valence-corrected chi connectivity index (χ1v) is 5.13. The Hall–Kier alpha value is -0.930. The number of nitrogens with one attached hydrogen (secondary N) is 1. The summed E-state index contributed by atoms with van der Waals surface area (Å²) in [5, 5.41) is 3.28. The van der Waals surface area contributed by atoms with Crippen LogP contribution in [0.4, 0.5) is 0 Å². The Morgan fingerprint density at radius 2 is 2.50 bits per heavy atom. The van der Waals surface area contributed by atoms with E-state index < -0.39 is 0 Å². The second-order valence-electron chi connectivity index (χ2n) is 3.65. The zero-order valence-corrected chi connectivity index (χ0v) is 8.44. The number of rotatable bonds is 3. The average molecular weight is 192 g/mol. The molecule has 76 valence electrons. The van der Waals surface area contributed by atoms with Gasteiger partial charge in [-0.05, 0) is 32.0 Å². The summed E-state index contributed by atoms with van der Waals surface area (Å²) in [6.45, 7) is 4.09. The Morgan fingerprint density at radius 1 is 1.57 bits per heavy atom. The molecule has 2 rings (SSSR count). The summed E-state index contributed by atoms with van der Waals surface area (Å²) < 4.78 is 5.87. The maximum absolute atomic E-state index is 5.87. The lowest BCUT2D eigenvalue weighted by Crippen LogP contribution is -2.18. The second-order valence-corrected chi connectivity index (χ2v) is 3.65. The van der Waals surface area contributed by atoms with Crippen LogP contribution in [0.5, 0.6) is 0 Å². The molecule has 0 amide bonds. The van der Waals surface area contributed by atoms with Gasteiger partial charge in [0.25, 0.3) is 0 Å². The molecule has 0 radical (unpaired) electrons. The average Bonchev–Trinajstić information content (AvgIpc) is 2.72. The van der Waals surface area contributed by atoms with E-state index in [1.807, 2.05) is 24.4 Å². The van der Waals surface area contributed by atoms with Crippen molar-refractivity contribution in [3.63, 3.8) is 0 Å². The molecule has 3 nitrogen and oxygen atoms in total. The lowest BCUT2D eigenvalue weighted by molar-refractivity contribution is 0.00602. The number of nitrogens with zero attached hydrogens (tertiary/aromatic N) is 1. The van der Waals surface area contributed by atoms with E-state index in [0.717, 1.165) is 25.2 Å². The smallest absolute Gasteiger partial charge is 0.0970 e. The van der Waals surface area contributed by atoms with Crippen LogP contribution < -0.4 is 5.32 Å². The molecule has 1 fully saturated rings. The summed E-state index contributed by atoms with van der Waals surface area (Å²) in [6, 6.07) is 5.93. The summed E-state index contributed by atoms with van der Waals surface area (Å²) in [7, 11) is 0. The number of pyridine rings is 1. The second kappa shape index (κ2) is 4.53. The normalized spacial score (nSPS) is 23.6. The van der Waals surface area contributed by atoms with E-state index in [4.69, 9.17) is 4.74 Å². The molecule has 1 aromatic rings. The molecule has 0 aromatic carbocycles. The predicted molar refractivity (Wildman–Crippen MR) is 55.0 cm³/mol. The number of aromatic nitrogens is 1. The van der Waals surface area contributed by atoms with Crippen molar-refractivity contribution in [1.82, 2.24) is 10.3 Å². The van der Waals surface area contributed by atoms with Crippen molar-refractivity contribution in [2.45, 2.75) is 25.6 Å². The third kappa shape index (κ3) is 2.30. The lowest BCUT2D eigenvalue weighted by Gasteiger charge is -2.17. The first kappa shape index (κ1) is 9.62. The number of ether oxygens (including phenoxy) is 1. The van der Waals surface area contributed by atoms with Crippen molar-refractivity contribution >= 4 is 0 Å². The molecule has 0 saturated carbocycles. The fraction of sp³-hybridized carbons (Fsp3) is 0.545. The minimum Gasteiger partial charge on any atom is -0.368 e. The van der Waals surface area contributed by atoms with Crippen molar-refractivity contribution < 1.29 is 4.74 Å². The van der Waals surface area contributed by atoms with Crippen LogP contribution in [-0.2, 0) is 4.74 Å². The van der Waals surface area contributed by atoms with Gasteiger partial charge < -0.3 is 10.1 Å². The first-order valence-electron chi connectivity index (χ1n) is 5.13. The third-order valence-electron chi connectivity index (χ3n) is 2.52. The van der Waals surface area contributed by atoms with E-state index >= 15 is 0 Å². The van der Waals surface area contributed by atoms with Gasteiger partial charge in [0.1, 0.15) is 0 Å². The summed E-state index contributed by atoms with van der Waals surface area (Å²) in [6.07, 6.45) is 3.37. The van der Waals surface area contributed by atoms with Gasteiger partial charge in [0.05, 0.1) is 17.9 Å². The van der Waals surface area contributed by atoms with Gasteiger partial charge in [-0.2, -0.15) is 0 Å². The minimum absolute atomic E-state index is 0.0982. The zero-order chi connectivity index (χ0) is 9.80. The molecule has 3 heteroatoms. The number of hydrogen-bond acceptors (Lipinski definition) is 3.